The van der Waals surface area contributed by atoms with Gasteiger partial charge in [-0.15, -0.1) is 0 Å². The summed E-state index contributed by atoms with van der Waals surface area (Å²) in [4.78, 5) is 19.7. The first-order chi connectivity index (χ1) is 18.5. The van der Waals surface area contributed by atoms with Crippen molar-refractivity contribution in [2.45, 2.75) is 32.4 Å². The molecule has 1 aliphatic heterocycles. The molecule has 1 aliphatic rings. The molecule has 5 rings (SSSR count). The summed E-state index contributed by atoms with van der Waals surface area (Å²) in [6.45, 7) is 4.68. The van der Waals surface area contributed by atoms with Crippen LogP contribution in [-0.2, 0) is 4.79 Å². The second-order valence-corrected chi connectivity index (χ2v) is 9.78. The van der Waals surface area contributed by atoms with Gasteiger partial charge < -0.3 is 24.8 Å². The largest absolute Gasteiger partial charge is 0.495 e. The van der Waals surface area contributed by atoms with E-state index in [2.05, 4.69) is 69.4 Å². The number of pyridine rings is 1. The number of thiocarbonyl (C=S) groups is 1. The molecule has 3 heterocycles. The van der Waals surface area contributed by atoms with E-state index in [4.69, 9.17) is 17.0 Å². The molecule has 0 aliphatic carbocycles. The van der Waals surface area contributed by atoms with Crippen LogP contribution in [-0.4, -0.2) is 39.1 Å². The number of ether oxygens (including phenoxy) is 1. The Morgan fingerprint density at radius 3 is 2.63 bits per heavy atom. The van der Waals surface area contributed by atoms with Crippen LogP contribution in [0.5, 0.6) is 5.75 Å². The molecule has 0 unspecified atom stereocenters. The molecule has 7 nitrogen and oxygen atoms in total. The number of rotatable bonds is 8. The average molecular weight is 526 g/mol. The minimum absolute atomic E-state index is 0.109. The summed E-state index contributed by atoms with van der Waals surface area (Å²) in [6.07, 6.45) is 4.13. The number of nitrogens with one attached hydrogen (secondary N) is 2. The van der Waals surface area contributed by atoms with Crippen molar-refractivity contribution in [2.75, 3.05) is 19.0 Å². The Bertz CT molecular complexity index is 1450. The highest BCUT2D eigenvalue weighted by Crippen LogP contribution is 2.39. The number of anilines is 1. The van der Waals surface area contributed by atoms with E-state index in [1.165, 1.54) is 11.1 Å². The quantitative estimate of drug-likeness (QED) is 0.296. The van der Waals surface area contributed by atoms with Crippen LogP contribution in [0.15, 0.2) is 85.2 Å². The highest BCUT2D eigenvalue weighted by Gasteiger charge is 2.41. The van der Waals surface area contributed by atoms with Gasteiger partial charge in [-0.3, -0.25) is 9.78 Å². The Morgan fingerprint density at radius 1 is 1.05 bits per heavy atom. The Kier molecular flexibility index (Phi) is 7.42. The van der Waals surface area contributed by atoms with Crippen LogP contribution in [0.1, 0.15) is 41.0 Å². The molecule has 8 heteroatoms. The van der Waals surface area contributed by atoms with Gasteiger partial charge >= 0.3 is 0 Å². The lowest BCUT2D eigenvalue weighted by Gasteiger charge is -2.29. The molecule has 194 valence electrons. The average Bonchev–Trinajstić information content (AvgIpc) is 3.54. The van der Waals surface area contributed by atoms with Crippen molar-refractivity contribution in [3.63, 3.8) is 0 Å². The number of amides is 1. The summed E-state index contributed by atoms with van der Waals surface area (Å²) in [5.41, 5.74) is 6.18. The number of para-hydroxylation sites is 2. The van der Waals surface area contributed by atoms with Crippen LogP contribution in [0.4, 0.5) is 5.69 Å². The number of aromatic nitrogens is 2. The van der Waals surface area contributed by atoms with Gasteiger partial charge in [0.15, 0.2) is 5.11 Å². The lowest BCUT2D eigenvalue weighted by molar-refractivity contribution is -0.116. The standard InChI is InChI=1S/C30H31N5O2S/c1-20-13-14-22(19-21(20)2)34-17-8-11-25(34)29-28(24-10-6-7-16-31-24)33-30(38)35(29)18-15-27(36)32-23-9-4-5-12-26(23)37-3/h4-14,16-17,19,28-29H,15,18H2,1-3H3,(H,32,36)(H,33,38)/t28-,29-/m1/s1. The van der Waals surface area contributed by atoms with Crippen molar-refractivity contribution >= 4 is 28.9 Å². The Labute approximate surface area is 228 Å². The molecule has 0 saturated carbocycles. The predicted molar refractivity (Wildman–Crippen MR) is 154 cm³/mol. The summed E-state index contributed by atoms with van der Waals surface area (Å²) in [6, 6.07) is 23.6. The summed E-state index contributed by atoms with van der Waals surface area (Å²) in [5.74, 6) is 0.514. The number of aryl methyl sites for hydroxylation is 2. The number of carbonyl (C=O) groups is 1. The van der Waals surface area contributed by atoms with Crippen LogP contribution < -0.4 is 15.4 Å². The molecule has 38 heavy (non-hydrogen) atoms. The molecule has 0 radical (unpaired) electrons. The predicted octanol–water partition coefficient (Wildman–Crippen LogP) is 5.50. The molecule has 2 N–H and O–H groups in total. The van der Waals surface area contributed by atoms with Crippen molar-refractivity contribution in [1.29, 1.82) is 0 Å². The van der Waals surface area contributed by atoms with E-state index in [0.717, 1.165) is 17.1 Å². The van der Waals surface area contributed by atoms with Gasteiger partial charge in [0, 0.05) is 36.7 Å². The van der Waals surface area contributed by atoms with Gasteiger partial charge in [-0.2, -0.15) is 0 Å². The normalized spacial score (nSPS) is 16.8. The maximum absolute atomic E-state index is 13.0. The van der Waals surface area contributed by atoms with Crippen LogP contribution in [0, 0.1) is 13.8 Å². The maximum atomic E-state index is 13.0. The van der Waals surface area contributed by atoms with E-state index >= 15 is 0 Å². The second kappa shape index (κ2) is 11.1. The van der Waals surface area contributed by atoms with E-state index in [-0.39, 0.29) is 24.4 Å². The topological polar surface area (TPSA) is 71.4 Å². The Morgan fingerprint density at radius 2 is 1.87 bits per heavy atom. The van der Waals surface area contributed by atoms with Crippen LogP contribution >= 0.6 is 12.2 Å². The van der Waals surface area contributed by atoms with Gasteiger partial charge in [-0.1, -0.05) is 24.3 Å². The summed E-state index contributed by atoms with van der Waals surface area (Å²) in [5, 5.41) is 7.05. The molecular formula is C30H31N5O2S. The minimum Gasteiger partial charge on any atom is -0.495 e. The molecule has 4 aromatic rings. The van der Waals surface area contributed by atoms with Gasteiger partial charge in [0.1, 0.15) is 5.75 Å². The van der Waals surface area contributed by atoms with Crippen LogP contribution in [0.3, 0.4) is 0 Å². The lowest BCUT2D eigenvalue weighted by atomic mass is 10.0. The smallest absolute Gasteiger partial charge is 0.226 e. The second-order valence-electron chi connectivity index (χ2n) is 9.39. The molecular weight excluding hydrogens is 494 g/mol. The first-order valence-electron chi connectivity index (χ1n) is 12.6. The van der Waals surface area contributed by atoms with E-state index in [1.54, 1.807) is 13.3 Å². The first-order valence-corrected chi connectivity index (χ1v) is 13.0. The van der Waals surface area contributed by atoms with Crippen molar-refractivity contribution in [3.05, 3.63) is 108 Å². The number of nitrogens with zero attached hydrogens (tertiary/aromatic N) is 3. The molecule has 0 spiro atoms. The van der Waals surface area contributed by atoms with Gasteiger partial charge in [0.2, 0.25) is 5.91 Å². The third-order valence-electron chi connectivity index (χ3n) is 7.01. The van der Waals surface area contributed by atoms with Crippen molar-refractivity contribution in [2.24, 2.45) is 0 Å². The van der Waals surface area contributed by atoms with Gasteiger partial charge in [-0.25, -0.2) is 0 Å². The molecule has 0 bridgehead atoms. The Hall–Kier alpha value is -4.17. The summed E-state index contributed by atoms with van der Waals surface area (Å²) >= 11 is 5.81. The van der Waals surface area contributed by atoms with E-state index in [9.17, 15) is 4.79 Å². The van der Waals surface area contributed by atoms with Gasteiger partial charge in [-0.05, 0) is 85.7 Å². The minimum atomic E-state index is -0.166. The van der Waals surface area contributed by atoms with E-state index < -0.39 is 0 Å². The van der Waals surface area contributed by atoms with Crippen molar-refractivity contribution < 1.29 is 9.53 Å². The molecule has 2 aromatic carbocycles. The number of benzene rings is 2. The highest BCUT2D eigenvalue weighted by atomic mass is 32.1. The fraction of sp³-hybridized carbons (Fsp3) is 0.233. The molecule has 2 atom stereocenters. The summed E-state index contributed by atoms with van der Waals surface area (Å²) in [7, 11) is 1.59. The maximum Gasteiger partial charge on any atom is 0.226 e. The molecule has 1 fully saturated rings. The van der Waals surface area contributed by atoms with Gasteiger partial charge in [0.25, 0.3) is 0 Å². The summed E-state index contributed by atoms with van der Waals surface area (Å²) < 4.78 is 7.57. The monoisotopic (exact) mass is 525 g/mol. The van der Waals surface area contributed by atoms with Gasteiger partial charge in [0.05, 0.1) is 30.6 Å². The number of hydrogen-bond acceptors (Lipinski definition) is 4. The lowest BCUT2D eigenvalue weighted by Crippen LogP contribution is -2.33. The van der Waals surface area contributed by atoms with Crippen LogP contribution in [0.25, 0.3) is 5.69 Å². The van der Waals surface area contributed by atoms with E-state index in [1.807, 2.05) is 48.5 Å². The number of carbonyl (C=O) groups excluding carboxylic acids is 1. The molecule has 1 saturated heterocycles. The zero-order chi connectivity index (χ0) is 26.6. The first kappa shape index (κ1) is 25.5. The zero-order valence-electron chi connectivity index (χ0n) is 21.7. The fourth-order valence-corrected chi connectivity index (χ4v) is 5.23. The molecule has 2 aromatic heterocycles. The zero-order valence-corrected chi connectivity index (χ0v) is 22.5. The number of hydrogen-bond donors (Lipinski definition) is 2. The highest BCUT2D eigenvalue weighted by molar-refractivity contribution is 7.80. The Balaban J connectivity index is 1.45. The third kappa shape index (κ3) is 5.13. The molecule has 1 amide bonds. The van der Waals surface area contributed by atoms with Crippen LogP contribution in [0.2, 0.25) is 0 Å². The fourth-order valence-electron chi connectivity index (χ4n) is 4.90. The third-order valence-corrected chi connectivity index (χ3v) is 7.36. The van der Waals surface area contributed by atoms with Crippen molar-refractivity contribution in [1.82, 2.24) is 19.8 Å². The number of methoxy groups -OCH3 is 1. The van der Waals surface area contributed by atoms with E-state index in [0.29, 0.717) is 23.1 Å². The van der Waals surface area contributed by atoms with Crippen molar-refractivity contribution in [3.8, 4) is 11.4 Å². The SMILES string of the molecule is COc1ccccc1NC(=O)CCN1C(=S)N[C@H](c2ccccn2)[C@H]1c1cccn1-c1ccc(C)c(C)c1.